The van der Waals surface area contributed by atoms with Gasteiger partial charge in [-0.05, 0) is 93.2 Å². The van der Waals surface area contributed by atoms with E-state index in [2.05, 4.69) is 74.2 Å². The summed E-state index contributed by atoms with van der Waals surface area (Å²) in [5.74, 6) is -0.894. The van der Waals surface area contributed by atoms with Crippen molar-refractivity contribution in [2.24, 2.45) is 5.92 Å². The quantitative estimate of drug-likeness (QED) is 0.109. The zero-order valence-electron chi connectivity index (χ0n) is 28.0. The molecule has 248 valence electrons. The highest BCUT2D eigenvalue weighted by atomic mass is 16.5. The third kappa shape index (κ3) is 4.44. The number of aliphatic hydroxyl groups is 1. The van der Waals surface area contributed by atoms with E-state index >= 15 is 0 Å². The standard InChI is InChI=1S/C46H34O5/c1-3-43(47)50-31-21-17-29(18-22-31)45(38-13-7-4-10-33(38)34-11-5-8-14-39(34)45)30-19-23-32(24-20-30)51-44(48)42-27-36-35-12-6-9-15-40(35)46(42,49)41-25-16-28(2)26-37(36)41/h3-26,36,42,49H,1,27H2,2H3. The van der Waals surface area contributed by atoms with E-state index in [0.717, 1.165) is 67.3 Å². The fourth-order valence-corrected chi connectivity index (χ4v) is 9.00. The Morgan fingerprint density at radius 1 is 0.667 bits per heavy atom. The molecule has 51 heavy (non-hydrogen) atoms. The summed E-state index contributed by atoms with van der Waals surface area (Å²) in [6.07, 6.45) is 1.61. The molecule has 4 aliphatic rings. The first-order chi connectivity index (χ1) is 24.8. The predicted octanol–water partition coefficient (Wildman–Crippen LogP) is 8.76. The molecule has 0 aromatic heterocycles. The SMILES string of the molecule is C=CC(=O)Oc1ccc(C2(c3ccc(OC(=O)C4CC5c6ccccc6C4(O)c4ccc(C)cc45)cc3)c3ccccc3-c3ccccc32)cc1. The summed E-state index contributed by atoms with van der Waals surface area (Å²) in [5.41, 5.74) is 9.17. The number of aryl methyl sites for hydroxylation is 1. The third-order valence-corrected chi connectivity index (χ3v) is 11.1. The first-order valence-electron chi connectivity index (χ1n) is 17.2. The largest absolute Gasteiger partial charge is 0.426 e. The van der Waals surface area contributed by atoms with Gasteiger partial charge in [0.25, 0.3) is 0 Å². The van der Waals surface area contributed by atoms with Crippen LogP contribution in [0.4, 0.5) is 0 Å². The normalized spacial score (nSPS) is 20.0. The maximum Gasteiger partial charge on any atom is 0.335 e. The topological polar surface area (TPSA) is 72.8 Å². The Morgan fingerprint density at radius 2 is 1.20 bits per heavy atom. The van der Waals surface area contributed by atoms with Crippen LogP contribution >= 0.6 is 0 Å². The van der Waals surface area contributed by atoms with Crippen LogP contribution in [-0.2, 0) is 20.6 Å². The molecule has 0 spiro atoms. The molecule has 2 bridgehead atoms. The van der Waals surface area contributed by atoms with Gasteiger partial charge in [0.05, 0.1) is 11.3 Å². The van der Waals surface area contributed by atoms with Gasteiger partial charge < -0.3 is 14.6 Å². The number of fused-ring (bicyclic) bond motifs is 4. The Bertz CT molecular complexity index is 2340. The van der Waals surface area contributed by atoms with Crippen LogP contribution in [-0.4, -0.2) is 17.0 Å². The van der Waals surface area contributed by atoms with E-state index < -0.39 is 28.9 Å². The van der Waals surface area contributed by atoms with Crippen LogP contribution in [0.25, 0.3) is 11.1 Å². The number of hydrogen-bond acceptors (Lipinski definition) is 5. The summed E-state index contributed by atoms with van der Waals surface area (Å²) < 4.78 is 11.5. The third-order valence-electron chi connectivity index (χ3n) is 11.1. The molecular formula is C46H34O5. The van der Waals surface area contributed by atoms with Crippen molar-refractivity contribution >= 4 is 11.9 Å². The van der Waals surface area contributed by atoms with Gasteiger partial charge in [0, 0.05) is 12.0 Å². The summed E-state index contributed by atoms with van der Waals surface area (Å²) >= 11 is 0. The van der Waals surface area contributed by atoms with E-state index in [9.17, 15) is 14.7 Å². The van der Waals surface area contributed by atoms with Gasteiger partial charge in [-0.15, -0.1) is 0 Å². The van der Waals surface area contributed by atoms with Gasteiger partial charge in [-0.2, -0.15) is 0 Å². The fourth-order valence-electron chi connectivity index (χ4n) is 9.00. The van der Waals surface area contributed by atoms with E-state index in [1.54, 1.807) is 12.1 Å². The summed E-state index contributed by atoms with van der Waals surface area (Å²) in [4.78, 5) is 26.0. The first-order valence-corrected chi connectivity index (χ1v) is 17.2. The van der Waals surface area contributed by atoms with Crippen LogP contribution in [0.15, 0.2) is 152 Å². The molecule has 4 aliphatic carbocycles. The van der Waals surface area contributed by atoms with Gasteiger partial charge in [-0.1, -0.05) is 127 Å². The Morgan fingerprint density at radius 3 is 1.80 bits per heavy atom. The zero-order valence-corrected chi connectivity index (χ0v) is 28.0. The minimum absolute atomic E-state index is 0.000841. The summed E-state index contributed by atoms with van der Waals surface area (Å²) in [6.45, 7) is 5.56. The second-order valence-electron chi connectivity index (χ2n) is 13.7. The van der Waals surface area contributed by atoms with Gasteiger partial charge in [0.1, 0.15) is 17.1 Å². The van der Waals surface area contributed by atoms with Crippen LogP contribution in [0.1, 0.15) is 62.4 Å². The molecule has 0 heterocycles. The van der Waals surface area contributed by atoms with Crippen molar-refractivity contribution in [2.45, 2.75) is 30.3 Å². The van der Waals surface area contributed by atoms with Crippen LogP contribution < -0.4 is 9.47 Å². The Balaban J connectivity index is 1.10. The molecule has 0 amide bonds. The second-order valence-corrected chi connectivity index (χ2v) is 13.7. The number of carbonyl (C=O) groups is 2. The first kappa shape index (κ1) is 31.0. The lowest BCUT2D eigenvalue weighted by molar-refractivity contribution is -0.150. The maximum atomic E-state index is 14.1. The van der Waals surface area contributed by atoms with Crippen LogP contribution in [0.5, 0.6) is 11.5 Å². The molecule has 1 N–H and O–H groups in total. The van der Waals surface area contributed by atoms with E-state index in [0.29, 0.717) is 17.9 Å². The molecule has 5 heteroatoms. The highest BCUT2D eigenvalue weighted by Gasteiger charge is 2.57. The monoisotopic (exact) mass is 666 g/mol. The lowest BCUT2D eigenvalue weighted by Crippen LogP contribution is -2.51. The van der Waals surface area contributed by atoms with Crippen molar-refractivity contribution in [1.82, 2.24) is 0 Å². The molecule has 3 atom stereocenters. The van der Waals surface area contributed by atoms with Crippen LogP contribution in [0.3, 0.4) is 0 Å². The number of esters is 2. The minimum atomic E-state index is -1.49. The molecule has 0 saturated heterocycles. The van der Waals surface area contributed by atoms with Gasteiger partial charge in [-0.3, -0.25) is 4.79 Å². The van der Waals surface area contributed by atoms with Crippen molar-refractivity contribution in [1.29, 1.82) is 0 Å². The Kier molecular flexibility index (Phi) is 6.99. The summed E-state index contributed by atoms with van der Waals surface area (Å²) in [6, 6.07) is 46.1. The molecular weight excluding hydrogens is 633 g/mol. The van der Waals surface area contributed by atoms with Crippen molar-refractivity contribution in [3.8, 4) is 22.6 Å². The average molecular weight is 667 g/mol. The Hall–Kier alpha value is -6.04. The molecule has 5 nitrogen and oxygen atoms in total. The molecule has 6 aromatic rings. The maximum absolute atomic E-state index is 14.1. The lowest BCUT2D eigenvalue weighted by atomic mass is 9.56. The van der Waals surface area contributed by atoms with E-state index in [4.69, 9.17) is 9.47 Å². The smallest absolute Gasteiger partial charge is 0.335 e. The van der Waals surface area contributed by atoms with Crippen LogP contribution in [0.2, 0.25) is 0 Å². The Labute approximate surface area is 296 Å². The average Bonchev–Trinajstić information content (AvgIpc) is 3.46. The molecule has 0 fully saturated rings. The van der Waals surface area contributed by atoms with Crippen molar-refractivity contribution in [3.05, 3.63) is 202 Å². The zero-order chi connectivity index (χ0) is 34.9. The molecule has 0 radical (unpaired) electrons. The van der Waals surface area contributed by atoms with Gasteiger partial charge in [0.2, 0.25) is 0 Å². The molecule has 6 aromatic carbocycles. The molecule has 10 rings (SSSR count). The summed E-state index contributed by atoms with van der Waals surface area (Å²) in [5, 5.41) is 12.5. The van der Waals surface area contributed by atoms with Crippen molar-refractivity contribution in [2.75, 3.05) is 0 Å². The van der Waals surface area contributed by atoms with E-state index in [1.165, 1.54) is 0 Å². The molecule has 0 saturated carbocycles. The second kappa shape index (κ2) is 11.5. The number of hydrogen-bond donors (Lipinski definition) is 1. The highest BCUT2D eigenvalue weighted by molar-refractivity contribution is 5.87. The van der Waals surface area contributed by atoms with Crippen LogP contribution in [0, 0.1) is 12.8 Å². The minimum Gasteiger partial charge on any atom is -0.426 e. The number of benzene rings is 6. The number of ether oxygens (including phenoxy) is 2. The van der Waals surface area contributed by atoms with E-state index in [1.807, 2.05) is 66.7 Å². The van der Waals surface area contributed by atoms with Crippen molar-refractivity contribution < 1.29 is 24.2 Å². The fraction of sp³-hybridized carbons (Fsp3) is 0.130. The molecule has 3 unspecified atom stereocenters. The number of rotatable bonds is 6. The van der Waals surface area contributed by atoms with Gasteiger partial charge >= 0.3 is 11.9 Å². The van der Waals surface area contributed by atoms with Gasteiger partial charge in [-0.25, -0.2) is 4.79 Å². The summed E-state index contributed by atoms with van der Waals surface area (Å²) in [7, 11) is 0. The van der Waals surface area contributed by atoms with E-state index in [-0.39, 0.29) is 5.92 Å². The predicted molar refractivity (Wildman–Crippen MR) is 196 cm³/mol. The molecule has 0 aliphatic heterocycles. The lowest BCUT2D eigenvalue weighted by Gasteiger charge is -2.50. The highest BCUT2D eigenvalue weighted by Crippen LogP contribution is 2.59. The van der Waals surface area contributed by atoms with Gasteiger partial charge in [0.15, 0.2) is 0 Å². The number of carbonyl (C=O) groups excluding carboxylic acids is 2. The van der Waals surface area contributed by atoms with Crippen molar-refractivity contribution in [3.63, 3.8) is 0 Å².